The van der Waals surface area contributed by atoms with Crippen molar-refractivity contribution in [2.24, 2.45) is 5.73 Å². The average molecular weight is 478 g/mol. The summed E-state index contributed by atoms with van der Waals surface area (Å²) in [5, 5.41) is 2.68. The summed E-state index contributed by atoms with van der Waals surface area (Å²) in [5.41, 5.74) is 11.7. The number of hydrogen-bond donors (Lipinski definition) is 2. The van der Waals surface area contributed by atoms with Crippen LogP contribution >= 0.6 is 12.4 Å². The second-order valence-electron chi connectivity index (χ2n) is 8.13. The molecule has 3 amide bonds. The van der Waals surface area contributed by atoms with E-state index < -0.39 is 0 Å². The molecule has 7 heteroatoms. The van der Waals surface area contributed by atoms with Gasteiger partial charge in [-0.25, -0.2) is 0 Å². The van der Waals surface area contributed by atoms with Crippen molar-refractivity contribution in [1.29, 1.82) is 0 Å². The lowest BCUT2D eigenvalue weighted by atomic mass is 9.82. The van der Waals surface area contributed by atoms with Crippen LogP contribution in [0.15, 0.2) is 60.7 Å². The average Bonchev–Trinajstić information content (AvgIpc) is 3.09. The zero-order chi connectivity index (χ0) is 23.5. The van der Waals surface area contributed by atoms with Crippen LogP contribution in [0.3, 0.4) is 0 Å². The van der Waals surface area contributed by atoms with E-state index in [0.29, 0.717) is 24.2 Å². The van der Waals surface area contributed by atoms with E-state index in [1.165, 1.54) is 4.90 Å². The molecule has 1 aliphatic rings. The van der Waals surface area contributed by atoms with Gasteiger partial charge in [-0.05, 0) is 47.2 Å². The molecule has 0 fully saturated rings. The highest BCUT2D eigenvalue weighted by atomic mass is 35.5. The summed E-state index contributed by atoms with van der Waals surface area (Å²) < 4.78 is 0. The Bertz CT molecular complexity index is 1140. The maximum Gasteiger partial charge on any atom is 0.261 e. The third kappa shape index (κ3) is 4.47. The molecular weight excluding hydrogens is 450 g/mol. The minimum Gasteiger partial charge on any atom is -0.355 e. The number of rotatable bonds is 7. The van der Waals surface area contributed by atoms with Crippen molar-refractivity contribution in [2.75, 3.05) is 19.6 Å². The van der Waals surface area contributed by atoms with E-state index >= 15 is 0 Å². The molecule has 1 aliphatic heterocycles. The fraction of sp³-hybridized carbons (Fsp3) is 0.222. The van der Waals surface area contributed by atoms with Gasteiger partial charge in [-0.3, -0.25) is 19.3 Å². The number of amides is 3. The fourth-order valence-corrected chi connectivity index (χ4v) is 4.54. The molecule has 0 atom stereocenters. The lowest BCUT2D eigenvalue weighted by Gasteiger charge is -2.19. The SMILES string of the molecule is Cc1c2c(c(C)c(-c3ccccc3)c1-c1ccccc1)C(=O)N(CCC(=O)NCCN)C2=O.Cl. The van der Waals surface area contributed by atoms with Crippen LogP contribution in [0.4, 0.5) is 0 Å². The standard InChI is InChI=1S/C27H27N3O3.ClH/c1-17-22(19-9-5-3-6-10-19)23(20-11-7-4-8-12-20)18(2)25-24(17)26(32)30(27(25)33)16-13-21(31)29-15-14-28;/h3-12H,13-16,28H2,1-2H3,(H,29,31);1H. The second-order valence-corrected chi connectivity index (χ2v) is 8.13. The number of carbonyl (C=O) groups excluding carboxylic acids is 3. The van der Waals surface area contributed by atoms with E-state index in [0.717, 1.165) is 33.4 Å². The topological polar surface area (TPSA) is 92.5 Å². The fourth-order valence-electron chi connectivity index (χ4n) is 4.54. The Labute approximate surface area is 205 Å². The molecule has 0 radical (unpaired) electrons. The second kappa shape index (κ2) is 10.6. The molecule has 0 saturated carbocycles. The van der Waals surface area contributed by atoms with E-state index in [1.807, 2.05) is 74.5 Å². The minimum absolute atomic E-state index is 0. The van der Waals surface area contributed by atoms with E-state index in [-0.39, 0.29) is 43.1 Å². The molecule has 4 rings (SSSR count). The van der Waals surface area contributed by atoms with Gasteiger partial charge in [0.25, 0.3) is 11.8 Å². The predicted molar refractivity (Wildman–Crippen MR) is 136 cm³/mol. The lowest BCUT2D eigenvalue weighted by Crippen LogP contribution is -2.36. The zero-order valence-corrected chi connectivity index (χ0v) is 20.1. The minimum atomic E-state index is -0.348. The first-order valence-electron chi connectivity index (χ1n) is 11.1. The first kappa shape index (κ1) is 25.1. The van der Waals surface area contributed by atoms with Gasteiger partial charge in [0.1, 0.15) is 0 Å². The Hall–Kier alpha value is -3.48. The van der Waals surface area contributed by atoms with Crippen LogP contribution in [0, 0.1) is 13.8 Å². The number of halogens is 1. The quantitative estimate of drug-likeness (QED) is 0.500. The highest BCUT2D eigenvalue weighted by molar-refractivity contribution is 6.24. The van der Waals surface area contributed by atoms with E-state index in [4.69, 9.17) is 5.73 Å². The number of fused-ring (bicyclic) bond motifs is 1. The Kier molecular flexibility index (Phi) is 7.87. The highest BCUT2D eigenvalue weighted by Crippen LogP contribution is 2.43. The van der Waals surface area contributed by atoms with Crippen LogP contribution in [-0.4, -0.2) is 42.3 Å². The molecule has 3 aromatic rings. The molecular formula is C27H28ClN3O3. The summed E-state index contributed by atoms with van der Waals surface area (Å²) in [7, 11) is 0. The van der Waals surface area contributed by atoms with Crippen molar-refractivity contribution in [2.45, 2.75) is 20.3 Å². The molecule has 6 nitrogen and oxygen atoms in total. The van der Waals surface area contributed by atoms with Crippen LogP contribution in [-0.2, 0) is 4.79 Å². The molecule has 34 heavy (non-hydrogen) atoms. The molecule has 3 aromatic carbocycles. The van der Waals surface area contributed by atoms with E-state index in [2.05, 4.69) is 5.32 Å². The molecule has 0 aromatic heterocycles. The van der Waals surface area contributed by atoms with Gasteiger partial charge in [0.05, 0.1) is 11.1 Å². The van der Waals surface area contributed by atoms with Gasteiger partial charge in [-0.2, -0.15) is 0 Å². The Balaban J connectivity index is 0.00000324. The van der Waals surface area contributed by atoms with Crippen molar-refractivity contribution < 1.29 is 14.4 Å². The number of nitrogens with one attached hydrogen (secondary N) is 1. The van der Waals surface area contributed by atoms with Crippen LogP contribution in [0.25, 0.3) is 22.3 Å². The molecule has 0 spiro atoms. The number of nitrogens with two attached hydrogens (primary N) is 1. The van der Waals surface area contributed by atoms with Gasteiger partial charge in [0.2, 0.25) is 5.91 Å². The molecule has 0 saturated heterocycles. The monoisotopic (exact) mass is 477 g/mol. The first-order valence-corrected chi connectivity index (χ1v) is 11.1. The van der Waals surface area contributed by atoms with Crippen LogP contribution < -0.4 is 11.1 Å². The van der Waals surface area contributed by atoms with Crippen LogP contribution in [0.2, 0.25) is 0 Å². The zero-order valence-electron chi connectivity index (χ0n) is 19.3. The first-order chi connectivity index (χ1) is 16.0. The number of benzene rings is 3. The highest BCUT2D eigenvalue weighted by Gasteiger charge is 2.40. The third-order valence-electron chi connectivity index (χ3n) is 6.07. The van der Waals surface area contributed by atoms with Crippen molar-refractivity contribution in [1.82, 2.24) is 10.2 Å². The summed E-state index contributed by atoms with van der Waals surface area (Å²) in [6.07, 6.45) is 0.0423. The number of nitrogens with zero attached hydrogens (tertiary/aromatic N) is 1. The van der Waals surface area contributed by atoms with Crippen molar-refractivity contribution in [3.8, 4) is 22.3 Å². The molecule has 1 heterocycles. The Morgan fingerprint density at radius 1 is 0.794 bits per heavy atom. The lowest BCUT2D eigenvalue weighted by molar-refractivity contribution is -0.121. The van der Waals surface area contributed by atoms with Crippen molar-refractivity contribution >= 4 is 30.1 Å². The van der Waals surface area contributed by atoms with Gasteiger partial charge in [0, 0.05) is 26.1 Å². The third-order valence-corrected chi connectivity index (χ3v) is 6.07. The van der Waals surface area contributed by atoms with Gasteiger partial charge in [-0.15, -0.1) is 12.4 Å². The van der Waals surface area contributed by atoms with Gasteiger partial charge >= 0.3 is 0 Å². The summed E-state index contributed by atoms with van der Waals surface area (Å²) in [5.74, 6) is -0.932. The summed E-state index contributed by atoms with van der Waals surface area (Å²) in [6.45, 7) is 4.52. The van der Waals surface area contributed by atoms with E-state index in [9.17, 15) is 14.4 Å². The van der Waals surface area contributed by atoms with E-state index in [1.54, 1.807) is 0 Å². The Morgan fingerprint density at radius 3 is 1.65 bits per heavy atom. The number of hydrogen-bond acceptors (Lipinski definition) is 4. The number of imide groups is 1. The number of carbonyl (C=O) groups is 3. The van der Waals surface area contributed by atoms with Crippen LogP contribution in [0.1, 0.15) is 38.3 Å². The molecule has 0 unspecified atom stereocenters. The summed E-state index contributed by atoms with van der Waals surface area (Å²) in [6, 6.07) is 19.8. The predicted octanol–water partition coefficient (Wildman–Crippen LogP) is 4.12. The maximum absolute atomic E-state index is 13.4. The largest absolute Gasteiger partial charge is 0.355 e. The smallest absolute Gasteiger partial charge is 0.261 e. The molecule has 3 N–H and O–H groups in total. The molecule has 176 valence electrons. The molecule has 0 bridgehead atoms. The van der Waals surface area contributed by atoms with Crippen LogP contribution in [0.5, 0.6) is 0 Å². The van der Waals surface area contributed by atoms with Gasteiger partial charge < -0.3 is 11.1 Å². The maximum atomic E-state index is 13.4. The Morgan fingerprint density at radius 2 is 1.24 bits per heavy atom. The summed E-state index contributed by atoms with van der Waals surface area (Å²) in [4.78, 5) is 40.0. The summed E-state index contributed by atoms with van der Waals surface area (Å²) >= 11 is 0. The normalized spacial score (nSPS) is 12.4. The molecule has 0 aliphatic carbocycles. The van der Waals surface area contributed by atoms with Gasteiger partial charge in [0.15, 0.2) is 0 Å². The van der Waals surface area contributed by atoms with Crippen molar-refractivity contribution in [3.05, 3.63) is 82.9 Å². The van der Waals surface area contributed by atoms with Crippen molar-refractivity contribution in [3.63, 3.8) is 0 Å². The van der Waals surface area contributed by atoms with Gasteiger partial charge in [-0.1, -0.05) is 60.7 Å².